The molecule has 1 saturated heterocycles. The monoisotopic (exact) mass is 477 g/mol. The van der Waals surface area contributed by atoms with Crippen molar-refractivity contribution in [1.29, 1.82) is 0 Å². The van der Waals surface area contributed by atoms with Gasteiger partial charge in [-0.25, -0.2) is 9.18 Å². The first-order chi connectivity index (χ1) is 16.8. The lowest BCUT2D eigenvalue weighted by atomic mass is 9.95. The van der Waals surface area contributed by atoms with Gasteiger partial charge in [-0.1, -0.05) is 30.3 Å². The lowest BCUT2D eigenvalue weighted by molar-refractivity contribution is -0.137. The van der Waals surface area contributed by atoms with Crippen LogP contribution >= 0.6 is 0 Å². The third kappa shape index (κ3) is 5.42. The number of anilines is 1. The first kappa shape index (κ1) is 24.2. The topological polar surface area (TPSA) is 80.6 Å². The zero-order valence-electron chi connectivity index (χ0n) is 19.8. The maximum Gasteiger partial charge on any atom is 0.340 e. The molecule has 35 heavy (non-hydrogen) atoms. The number of esters is 1. The Hall–Kier alpha value is -3.94. The summed E-state index contributed by atoms with van der Waals surface area (Å²) < 4.78 is 21.2. The molecule has 1 N–H and O–H groups in total. The Bertz CT molecular complexity index is 1230. The molecule has 7 nitrogen and oxygen atoms in total. The molecule has 4 rings (SSSR count). The number of ether oxygens (including phenoxy) is 1. The van der Waals surface area contributed by atoms with Crippen molar-refractivity contribution in [2.75, 3.05) is 25.0 Å². The predicted octanol–water partition coefficient (Wildman–Crippen LogP) is 4.27. The second-order valence-electron chi connectivity index (χ2n) is 8.66. The Morgan fingerprint density at radius 2 is 1.66 bits per heavy atom. The van der Waals surface area contributed by atoms with E-state index in [0.29, 0.717) is 43.0 Å². The van der Waals surface area contributed by atoms with Gasteiger partial charge in [0.05, 0.1) is 11.3 Å². The van der Waals surface area contributed by atoms with Gasteiger partial charge in [-0.05, 0) is 57.0 Å². The summed E-state index contributed by atoms with van der Waals surface area (Å²) in [5.74, 6) is -1.56. The molecule has 1 aliphatic rings. The Labute approximate surface area is 203 Å². The average molecular weight is 478 g/mol. The van der Waals surface area contributed by atoms with E-state index < -0.39 is 11.8 Å². The van der Waals surface area contributed by atoms with Gasteiger partial charge in [-0.2, -0.15) is 0 Å². The van der Waals surface area contributed by atoms with Crippen molar-refractivity contribution in [2.24, 2.45) is 5.92 Å². The van der Waals surface area contributed by atoms with E-state index in [0.717, 1.165) is 5.69 Å². The second-order valence-corrected chi connectivity index (χ2v) is 8.66. The fourth-order valence-corrected chi connectivity index (χ4v) is 4.43. The summed E-state index contributed by atoms with van der Waals surface area (Å²) in [6.07, 6.45) is 1.09. The van der Waals surface area contributed by atoms with Crippen LogP contribution in [0.2, 0.25) is 0 Å². The van der Waals surface area contributed by atoms with E-state index in [1.165, 1.54) is 6.07 Å². The molecule has 1 aromatic heterocycles. The van der Waals surface area contributed by atoms with Crippen molar-refractivity contribution < 1.29 is 23.5 Å². The molecular formula is C27H28FN3O4. The SMILES string of the molecule is Cc1cc(C(=O)OCC(=O)N2CCC(C(=O)Nc3ccccc3)CC2)c(C)n1-c1ccccc1F. The van der Waals surface area contributed by atoms with Gasteiger partial charge in [0.25, 0.3) is 5.91 Å². The summed E-state index contributed by atoms with van der Waals surface area (Å²) in [6.45, 7) is 3.95. The van der Waals surface area contributed by atoms with Gasteiger partial charge in [0.15, 0.2) is 6.61 Å². The molecule has 2 heterocycles. The van der Waals surface area contributed by atoms with Gasteiger partial charge in [-0.15, -0.1) is 0 Å². The van der Waals surface area contributed by atoms with Crippen LogP contribution < -0.4 is 5.32 Å². The summed E-state index contributed by atoms with van der Waals surface area (Å²) >= 11 is 0. The van der Waals surface area contributed by atoms with E-state index in [1.807, 2.05) is 30.3 Å². The van der Waals surface area contributed by atoms with Crippen molar-refractivity contribution in [1.82, 2.24) is 9.47 Å². The molecule has 1 aliphatic heterocycles. The lowest BCUT2D eigenvalue weighted by Gasteiger charge is -2.31. The molecule has 0 atom stereocenters. The van der Waals surface area contributed by atoms with E-state index in [1.54, 1.807) is 47.6 Å². The smallest absolute Gasteiger partial charge is 0.340 e. The number of carbonyl (C=O) groups excluding carboxylic acids is 3. The minimum Gasteiger partial charge on any atom is -0.452 e. The molecule has 0 bridgehead atoms. The first-order valence-corrected chi connectivity index (χ1v) is 11.6. The average Bonchev–Trinajstić information content (AvgIpc) is 3.17. The molecule has 0 spiro atoms. The zero-order chi connectivity index (χ0) is 24.9. The van der Waals surface area contributed by atoms with Gasteiger partial charge < -0.3 is 19.5 Å². The third-order valence-electron chi connectivity index (χ3n) is 6.33. The maximum absolute atomic E-state index is 14.3. The van der Waals surface area contributed by atoms with Gasteiger partial charge in [0.2, 0.25) is 5.91 Å². The molecule has 8 heteroatoms. The molecular weight excluding hydrogens is 449 g/mol. The van der Waals surface area contributed by atoms with Crippen LogP contribution in [0.1, 0.15) is 34.6 Å². The van der Waals surface area contributed by atoms with Crippen LogP contribution in [0, 0.1) is 25.6 Å². The molecule has 2 amide bonds. The molecule has 0 unspecified atom stereocenters. The van der Waals surface area contributed by atoms with Gasteiger partial charge in [0, 0.05) is 36.1 Å². The highest BCUT2D eigenvalue weighted by molar-refractivity contribution is 5.94. The number of likely N-dealkylation sites (tertiary alicyclic amines) is 1. The number of benzene rings is 2. The highest BCUT2D eigenvalue weighted by Gasteiger charge is 2.28. The standard InChI is InChI=1S/C27H28FN3O4/c1-18-16-22(19(2)31(18)24-11-7-6-10-23(24)28)27(34)35-17-25(32)30-14-12-20(13-15-30)26(33)29-21-8-4-3-5-9-21/h3-11,16,20H,12-15,17H2,1-2H3,(H,29,33). The minimum absolute atomic E-state index is 0.0556. The minimum atomic E-state index is -0.633. The van der Waals surface area contributed by atoms with Crippen LogP contribution in [0.5, 0.6) is 0 Å². The summed E-state index contributed by atoms with van der Waals surface area (Å²) in [5, 5.41) is 2.90. The van der Waals surface area contributed by atoms with Crippen molar-refractivity contribution in [3.63, 3.8) is 0 Å². The fraction of sp³-hybridized carbons (Fsp3) is 0.296. The van der Waals surface area contributed by atoms with Crippen molar-refractivity contribution in [3.8, 4) is 5.69 Å². The number of halogens is 1. The van der Waals surface area contributed by atoms with Crippen LogP contribution in [-0.2, 0) is 14.3 Å². The number of amides is 2. The van der Waals surface area contributed by atoms with Crippen LogP contribution in [0.4, 0.5) is 10.1 Å². The van der Waals surface area contributed by atoms with Gasteiger partial charge in [-0.3, -0.25) is 9.59 Å². The predicted molar refractivity (Wildman–Crippen MR) is 130 cm³/mol. The summed E-state index contributed by atoms with van der Waals surface area (Å²) in [5.41, 5.74) is 2.60. The maximum atomic E-state index is 14.3. The Balaban J connectivity index is 1.30. The molecule has 1 fully saturated rings. The zero-order valence-corrected chi connectivity index (χ0v) is 19.8. The second kappa shape index (κ2) is 10.5. The van der Waals surface area contributed by atoms with Gasteiger partial charge in [0.1, 0.15) is 5.82 Å². The first-order valence-electron chi connectivity index (χ1n) is 11.6. The summed E-state index contributed by atoms with van der Waals surface area (Å²) in [7, 11) is 0. The summed E-state index contributed by atoms with van der Waals surface area (Å²) in [4.78, 5) is 39.4. The fourth-order valence-electron chi connectivity index (χ4n) is 4.43. The number of aromatic nitrogens is 1. The molecule has 2 aromatic carbocycles. The van der Waals surface area contributed by atoms with Crippen LogP contribution in [0.25, 0.3) is 5.69 Å². The quantitative estimate of drug-likeness (QED) is 0.538. The van der Waals surface area contributed by atoms with Crippen LogP contribution in [-0.4, -0.2) is 46.9 Å². The number of carbonyl (C=O) groups is 3. The normalized spacial score (nSPS) is 14.0. The molecule has 0 radical (unpaired) electrons. The largest absolute Gasteiger partial charge is 0.452 e. The third-order valence-corrected chi connectivity index (χ3v) is 6.33. The Kier molecular flexibility index (Phi) is 7.29. The number of rotatable bonds is 6. The number of aryl methyl sites for hydroxylation is 1. The molecule has 182 valence electrons. The number of hydrogen-bond acceptors (Lipinski definition) is 4. The number of para-hydroxylation sites is 2. The highest BCUT2D eigenvalue weighted by Crippen LogP contribution is 2.24. The number of nitrogens with one attached hydrogen (secondary N) is 1. The molecule has 0 saturated carbocycles. The summed E-state index contributed by atoms with van der Waals surface area (Å²) in [6, 6.07) is 17.2. The van der Waals surface area contributed by atoms with E-state index >= 15 is 0 Å². The van der Waals surface area contributed by atoms with Crippen molar-refractivity contribution in [2.45, 2.75) is 26.7 Å². The van der Waals surface area contributed by atoms with E-state index in [4.69, 9.17) is 4.74 Å². The lowest BCUT2D eigenvalue weighted by Crippen LogP contribution is -2.43. The van der Waals surface area contributed by atoms with Crippen LogP contribution in [0.15, 0.2) is 60.7 Å². The highest BCUT2D eigenvalue weighted by atomic mass is 19.1. The van der Waals surface area contributed by atoms with E-state index in [9.17, 15) is 18.8 Å². The van der Waals surface area contributed by atoms with Gasteiger partial charge >= 0.3 is 5.97 Å². The number of piperidine rings is 1. The van der Waals surface area contributed by atoms with Crippen molar-refractivity contribution >= 4 is 23.5 Å². The number of nitrogens with zero attached hydrogens (tertiary/aromatic N) is 2. The van der Waals surface area contributed by atoms with Crippen molar-refractivity contribution in [3.05, 3.63) is 83.4 Å². The Morgan fingerprint density at radius 1 is 1.00 bits per heavy atom. The molecule has 3 aromatic rings. The van der Waals surface area contributed by atoms with E-state index in [-0.39, 0.29) is 29.9 Å². The Morgan fingerprint density at radius 3 is 2.34 bits per heavy atom. The molecule has 0 aliphatic carbocycles. The van der Waals surface area contributed by atoms with Crippen LogP contribution in [0.3, 0.4) is 0 Å². The number of hydrogen-bond donors (Lipinski definition) is 1. The van der Waals surface area contributed by atoms with E-state index in [2.05, 4.69) is 5.32 Å².